The fraction of sp³-hybridized carbons (Fsp3) is 0.667. The number of aryl methyl sites for hydroxylation is 1. The molecule has 112 valence electrons. The van der Waals surface area contributed by atoms with Gasteiger partial charge in [0.05, 0.1) is 11.6 Å². The van der Waals surface area contributed by atoms with E-state index in [-0.39, 0.29) is 24.1 Å². The number of nitrogens with zero attached hydrogens (tertiary/aromatic N) is 2. The lowest BCUT2D eigenvalue weighted by molar-refractivity contribution is -0.143. The van der Waals surface area contributed by atoms with Gasteiger partial charge >= 0.3 is 5.97 Å². The molecule has 2 unspecified atom stereocenters. The third kappa shape index (κ3) is 3.18. The van der Waals surface area contributed by atoms with Crippen molar-refractivity contribution in [3.8, 4) is 0 Å². The van der Waals surface area contributed by atoms with E-state index in [1.54, 1.807) is 19.9 Å². The van der Waals surface area contributed by atoms with Crippen molar-refractivity contribution in [3.05, 3.63) is 17.5 Å². The van der Waals surface area contributed by atoms with Crippen molar-refractivity contribution in [1.82, 2.24) is 9.46 Å². The zero-order valence-corrected chi connectivity index (χ0v) is 12.3. The predicted molar refractivity (Wildman–Crippen MR) is 70.4 cm³/mol. The lowest BCUT2D eigenvalue weighted by Crippen LogP contribution is -2.47. The Morgan fingerprint density at radius 2 is 2.25 bits per heavy atom. The van der Waals surface area contributed by atoms with Crippen LogP contribution >= 0.6 is 0 Å². The summed E-state index contributed by atoms with van der Waals surface area (Å²) in [6.45, 7) is 3.52. The third-order valence-corrected chi connectivity index (χ3v) is 5.41. The van der Waals surface area contributed by atoms with E-state index in [0.29, 0.717) is 18.5 Å². The molecule has 2 rings (SSSR count). The Morgan fingerprint density at radius 1 is 1.55 bits per heavy atom. The summed E-state index contributed by atoms with van der Waals surface area (Å²) in [5.74, 6) is -1.61. The molecule has 0 spiro atoms. The molecule has 1 aliphatic heterocycles. The normalized spacial score (nSPS) is 24.7. The molecule has 1 N–H and O–H groups in total. The summed E-state index contributed by atoms with van der Waals surface area (Å²) in [6.07, 6.45) is 1.05. The monoisotopic (exact) mass is 302 g/mol. The van der Waals surface area contributed by atoms with Crippen molar-refractivity contribution < 1.29 is 22.8 Å². The minimum Gasteiger partial charge on any atom is -0.481 e. The highest BCUT2D eigenvalue weighted by Gasteiger charge is 2.37. The SMILES string of the molecule is Cc1cc(CS(=O)(=O)N2CC(C(=O)O)CCC2C)on1. The Balaban J connectivity index is 2.16. The molecule has 1 fully saturated rings. The van der Waals surface area contributed by atoms with Crippen LogP contribution < -0.4 is 0 Å². The van der Waals surface area contributed by atoms with Gasteiger partial charge in [0.2, 0.25) is 10.0 Å². The van der Waals surface area contributed by atoms with Crippen LogP contribution in [0.5, 0.6) is 0 Å². The van der Waals surface area contributed by atoms with Crippen molar-refractivity contribution in [1.29, 1.82) is 0 Å². The minimum atomic E-state index is -3.60. The molecule has 1 aliphatic rings. The van der Waals surface area contributed by atoms with Crippen LogP contribution in [0.25, 0.3) is 0 Å². The second kappa shape index (κ2) is 5.53. The summed E-state index contributed by atoms with van der Waals surface area (Å²) in [6, 6.07) is 1.38. The molecule has 0 aliphatic carbocycles. The van der Waals surface area contributed by atoms with Gasteiger partial charge in [-0.25, -0.2) is 8.42 Å². The van der Waals surface area contributed by atoms with E-state index >= 15 is 0 Å². The molecule has 0 amide bonds. The van der Waals surface area contributed by atoms with Crippen molar-refractivity contribution in [3.63, 3.8) is 0 Å². The van der Waals surface area contributed by atoms with Gasteiger partial charge in [-0.3, -0.25) is 4.79 Å². The van der Waals surface area contributed by atoms with Crippen LogP contribution in [0.1, 0.15) is 31.2 Å². The molecular weight excluding hydrogens is 284 g/mol. The van der Waals surface area contributed by atoms with E-state index in [4.69, 9.17) is 9.63 Å². The number of sulfonamides is 1. The first kappa shape index (κ1) is 15.0. The van der Waals surface area contributed by atoms with Gasteiger partial charge in [-0.15, -0.1) is 0 Å². The molecule has 1 aromatic heterocycles. The number of piperidine rings is 1. The highest BCUT2D eigenvalue weighted by molar-refractivity contribution is 7.88. The second-order valence-electron chi connectivity index (χ2n) is 5.22. The standard InChI is InChI=1S/C12H18N2O5S/c1-8-5-11(19-13-8)7-20(17,18)14-6-10(12(15)16)4-3-9(14)2/h5,9-10H,3-4,6-7H2,1-2H3,(H,15,16). The quantitative estimate of drug-likeness (QED) is 0.890. The van der Waals surface area contributed by atoms with E-state index in [1.807, 2.05) is 0 Å². The van der Waals surface area contributed by atoms with E-state index in [2.05, 4.69) is 5.16 Å². The van der Waals surface area contributed by atoms with E-state index in [1.165, 1.54) is 4.31 Å². The molecular formula is C12H18N2O5S. The zero-order chi connectivity index (χ0) is 14.9. The highest BCUT2D eigenvalue weighted by Crippen LogP contribution is 2.26. The lowest BCUT2D eigenvalue weighted by Gasteiger charge is -2.35. The molecule has 2 heterocycles. The average Bonchev–Trinajstić information content (AvgIpc) is 2.73. The number of hydrogen-bond donors (Lipinski definition) is 1. The summed E-state index contributed by atoms with van der Waals surface area (Å²) < 4.78 is 31.0. The Hall–Kier alpha value is -1.41. The Morgan fingerprint density at radius 3 is 2.80 bits per heavy atom. The predicted octanol–water partition coefficient (Wildman–Crippen LogP) is 0.998. The largest absolute Gasteiger partial charge is 0.481 e. The summed E-state index contributed by atoms with van der Waals surface area (Å²) in [4.78, 5) is 11.0. The van der Waals surface area contributed by atoms with Crippen LogP contribution in [0.4, 0.5) is 0 Å². The van der Waals surface area contributed by atoms with Gasteiger partial charge in [-0.05, 0) is 26.7 Å². The van der Waals surface area contributed by atoms with Gasteiger partial charge < -0.3 is 9.63 Å². The van der Waals surface area contributed by atoms with Crippen LogP contribution in [0.3, 0.4) is 0 Å². The molecule has 2 atom stereocenters. The van der Waals surface area contributed by atoms with Gasteiger partial charge in [0, 0.05) is 18.7 Å². The molecule has 8 heteroatoms. The first-order valence-corrected chi connectivity index (χ1v) is 8.05. The minimum absolute atomic E-state index is 0.0198. The molecule has 1 aromatic rings. The van der Waals surface area contributed by atoms with Crippen molar-refractivity contribution in [2.24, 2.45) is 5.92 Å². The summed E-state index contributed by atoms with van der Waals surface area (Å²) in [7, 11) is -3.60. The number of carboxylic acids is 1. The van der Waals surface area contributed by atoms with E-state index < -0.39 is 21.9 Å². The Bertz CT molecular complexity index is 595. The zero-order valence-electron chi connectivity index (χ0n) is 11.4. The van der Waals surface area contributed by atoms with Crippen molar-refractivity contribution in [2.75, 3.05) is 6.54 Å². The second-order valence-corrected chi connectivity index (χ2v) is 7.14. The number of rotatable bonds is 4. The molecule has 7 nitrogen and oxygen atoms in total. The Labute approximate surface area is 117 Å². The number of aliphatic carboxylic acids is 1. The van der Waals surface area contributed by atoms with Crippen molar-refractivity contribution >= 4 is 16.0 Å². The molecule has 1 saturated heterocycles. The van der Waals surface area contributed by atoms with Gasteiger partial charge in [0.25, 0.3) is 0 Å². The molecule has 0 saturated carbocycles. The van der Waals surface area contributed by atoms with Crippen LogP contribution in [0.2, 0.25) is 0 Å². The molecule has 0 radical (unpaired) electrons. The van der Waals surface area contributed by atoms with Crippen molar-refractivity contribution in [2.45, 2.75) is 38.5 Å². The summed E-state index contributed by atoms with van der Waals surface area (Å²) >= 11 is 0. The molecule has 0 bridgehead atoms. The fourth-order valence-corrected chi connectivity index (χ4v) is 4.13. The first-order valence-electron chi connectivity index (χ1n) is 6.44. The van der Waals surface area contributed by atoms with Crippen LogP contribution in [-0.4, -0.2) is 41.5 Å². The Kier molecular flexibility index (Phi) is 4.14. The average molecular weight is 302 g/mol. The summed E-state index contributed by atoms with van der Waals surface area (Å²) in [5, 5.41) is 12.7. The maximum Gasteiger partial charge on any atom is 0.307 e. The van der Waals surface area contributed by atoms with Crippen LogP contribution in [0.15, 0.2) is 10.6 Å². The van der Waals surface area contributed by atoms with E-state index in [9.17, 15) is 13.2 Å². The van der Waals surface area contributed by atoms with Gasteiger partial charge in [-0.2, -0.15) is 4.31 Å². The maximum atomic E-state index is 12.4. The number of hydrogen-bond acceptors (Lipinski definition) is 5. The molecule has 0 aromatic carbocycles. The van der Waals surface area contributed by atoms with Gasteiger partial charge in [-0.1, -0.05) is 5.16 Å². The third-order valence-electron chi connectivity index (χ3n) is 3.53. The maximum absolute atomic E-state index is 12.4. The first-order chi connectivity index (χ1) is 9.29. The smallest absolute Gasteiger partial charge is 0.307 e. The van der Waals surface area contributed by atoms with Crippen LogP contribution in [0, 0.1) is 12.8 Å². The lowest BCUT2D eigenvalue weighted by atomic mass is 9.96. The number of aromatic nitrogens is 1. The molecule has 20 heavy (non-hydrogen) atoms. The van der Waals surface area contributed by atoms with Gasteiger partial charge in [0.1, 0.15) is 5.75 Å². The topological polar surface area (TPSA) is 101 Å². The number of carboxylic acid groups (broad SMARTS) is 1. The van der Waals surface area contributed by atoms with E-state index in [0.717, 1.165) is 0 Å². The number of carbonyl (C=O) groups is 1. The van der Waals surface area contributed by atoms with Gasteiger partial charge in [0.15, 0.2) is 5.76 Å². The van der Waals surface area contributed by atoms with Crippen LogP contribution in [-0.2, 0) is 20.6 Å². The highest BCUT2D eigenvalue weighted by atomic mass is 32.2. The summed E-state index contributed by atoms with van der Waals surface area (Å²) in [5.41, 5.74) is 0.616. The fourth-order valence-electron chi connectivity index (χ4n) is 2.41.